The van der Waals surface area contributed by atoms with Gasteiger partial charge in [-0.3, -0.25) is 9.78 Å². The molecule has 1 unspecified atom stereocenters. The van der Waals surface area contributed by atoms with Gasteiger partial charge in [0, 0.05) is 41.9 Å². The van der Waals surface area contributed by atoms with Gasteiger partial charge in [-0.2, -0.15) is 9.61 Å². The fourth-order valence-corrected chi connectivity index (χ4v) is 5.43. The number of likely N-dealkylation sites (tertiary alicyclic amines) is 1. The lowest BCUT2D eigenvalue weighted by Crippen LogP contribution is -2.42. The molecule has 10 heteroatoms. The maximum absolute atomic E-state index is 12.7. The zero-order valence-electron chi connectivity index (χ0n) is 19.4. The number of aromatic nitrogens is 4. The number of carbonyl (C=O) groups is 1. The molecule has 1 fully saturated rings. The number of nitrogen functional groups attached to an aromatic ring is 1. The number of carbonyl (C=O) groups excluding carboxylic acids is 1. The van der Waals surface area contributed by atoms with Crippen molar-refractivity contribution >= 4 is 39.5 Å². The molecule has 1 saturated heterocycles. The molecule has 2 aliphatic rings. The van der Waals surface area contributed by atoms with Crippen molar-refractivity contribution in [3.8, 4) is 22.4 Å². The quantitative estimate of drug-likeness (QED) is 0.412. The fourth-order valence-electron chi connectivity index (χ4n) is 4.85. The van der Waals surface area contributed by atoms with Crippen molar-refractivity contribution in [3.05, 3.63) is 65.0 Å². The summed E-state index contributed by atoms with van der Waals surface area (Å²) in [5, 5.41) is 8.22. The number of hydrogen-bond donors (Lipinski definition) is 1. The second-order valence-electron chi connectivity index (χ2n) is 9.04. The molecule has 5 heterocycles. The molecule has 2 aliphatic heterocycles. The van der Waals surface area contributed by atoms with Gasteiger partial charge in [0.05, 0.1) is 28.3 Å². The van der Waals surface area contributed by atoms with Crippen LogP contribution in [0.1, 0.15) is 24.5 Å². The number of hydrogen-bond acceptors (Lipinski definition) is 7. The molecular formula is C26H24BrN7O2. The zero-order valence-corrected chi connectivity index (χ0v) is 21.0. The van der Waals surface area contributed by atoms with Gasteiger partial charge in [0.1, 0.15) is 18.3 Å². The van der Waals surface area contributed by atoms with E-state index >= 15 is 0 Å². The Balaban J connectivity index is 1.27. The van der Waals surface area contributed by atoms with E-state index in [1.807, 2.05) is 53.6 Å². The van der Waals surface area contributed by atoms with Gasteiger partial charge in [-0.05, 0) is 34.8 Å². The highest BCUT2D eigenvalue weighted by molar-refractivity contribution is 9.10. The first-order valence-electron chi connectivity index (χ1n) is 11.9. The van der Waals surface area contributed by atoms with Crippen molar-refractivity contribution in [1.29, 1.82) is 0 Å². The molecule has 0 bridgehead atoms. The average Bonchev–Trinajstić information content (AvgIpc) is 3.62. The lowest BCUT2D eigenvalue weighted by molar-refractivity contribution is -0.135. The molecule has 9 nitrogen and oxygen atoms in total. The summed E-state index contributed by atoms with van der Waals surface area (Å²) in [4.78, 5) is 29.3. The van der Waals surface area contributed by atoms with E-state index in [0.29, 0.717) is 31.2 Å². The van der Waals surface area contributed by atoms with Crippen molar-refractivity contribution in [2.45, 2.75) is 18.8 Å². The molecule has 1 amide bonds. The van der Waals surface area contributed by atoms with E-state index in [4.69, 9.17) is 15.6 Å². The minimum Gasteiger partial charge on any atom is -0.395 e. The van der Waals surface area contributed by atoms with E-state index in [1.54, 1.807) is 16.9 Å². The maximum Gasteiger partial charge on any atom is 0.234 e. The topological polar surface area (TPSA) is 111 Å². The van der Waals surface area contributed by atoms with Crippen LogP contribution >= 0.6 is 15.9 Å². The molecule has 0 spiro atoms. The number of piperidine rings is 1. The van der Waals surface area contributed by atoms with Crippen molar-refractivity contribution in [2.24, 2.45) is 11.1 Å². The van der Waals surface area contributed by atoms with Crippen molar-refractivity contribution in [2.75, 3.05) is 25.4 Å². The predicted molar refractivity (Wildman–Crippen MR) is 140 cm³/mol. The average molecular weight is 546 g/mol. The lowest BCUT2D eigenvalue weighted by Gasteiger charge is -2.33. The number of amides is 1. The van der Waals surface area contributed by atoms with Crippen LogP contribution in [-0.2, 0) is 9.63 Å². The third kappa shape index (κ3) is 4.01. The predicted octanol–water partition coefficient (Wildman–Crippen LogP) is 4.14. The number of benzene rings is 1. The number of nitrogens with two attached hydrogens (primary N) is 1. The summed E-state index contributed by atoms with van der Waals surface area (Å²) in [6.45, 7) is 1.64. The van der Waals surface area contributed by atoms with Crippen LogP contribution in [-0.4, -0.2) is 56.3 Å². The number of nitrogens with zero attached hydrogens (tertiary/aromatic N) is 6. The van der Waals surface area contributed by atoms with Gasteiger partial charge >= 0.3 is 0 Å². The smallest absolute Gasteiger partial charge is 0.234 e. The van der Waals surface area contributed by atoms with E-state index in [-0.39, 0.29) is 17.7 Å². The first-order chi connectivity index (χ1) is 17.6. The van der Waals surface area contributed by atoms with E-state index < -0.39 is 0 Å². The molecule has 6 rings (SSSR count). The molecule has 1 aromatic carbocycles. The van der Waals surface area contributed by atoms with Crippen molar-refractivity contribution in [1.82, 2.24) is 24.5 Å². The Bertz CT molecular complexity index is 1440. The third-order valence-electron chi connectivity index (χ3n) is 6.87. The van der Waals surface area contributed by atoms with Gasteiger partial charge in [0.25, 0.3) is 0 Å². The zero-order chi connectivity index (χ0) is 24.6. The van der Waals surface area contributed by atoms with Crippen LogP contribution < -0.4 is 5.73 Å². The van der Waals surface area contributed by atoms with Gasteiger partial charge in [-0.1, -0.05) is 41.6 Å². The van der Waals surface area contributed by atoms with Crippen LogP contribution in [0.25, 0.3) is 28.0 Å². The van der Waals surface area contributed by atoms with Crippen molar-refractivity contribution in [3.63, 3.8) is 0 Å². The second kappa shape index (κ2) is 9.34. The summed E-state index contributed by atoms with van der Waals surface area (Å²) in [5.41, 5.74) is 11.8. The number of halogens is 1. The molecule has 2 N–H and O–H groups in total. The van der Waals surface area contributed by atoms with E-state index in [1.165, 1.54) is 0 Å². The minimum atomic E-state index is -0.283. The molecule has 0 aliphatic carbocycles. The monoisotopic (exact) mass is 545 g/mol. The molecule has 1 atom stereocenters. The molecule has 0 radical (unpaired) electrons. The Morgan fingerprint density at radius 2 is 1.86 bits per heavy atom. The van der Waals surface area contributed by atoms with Gasteiger partial charge in [-0.25, -0.2) is 4.98 Å². The Kier molecular flexibility index (Phi) is 5.88. The molecule has 4 aromatic rings. The molecule has 182 valence electrons. The van der Waals surface area contributed by atoms with E-state index in [2.05, 4.69) is 31.2 Å². The SMILES string of the molecule is Nc1c(Br)c(C2CCN(C(=O)C3C=NOC3)CC2)nc2c(-c3ccc(-c4ccccc4)nc3)cnn12. The first kappa shape index (κ1) is 22.7. The molecular weight excluding hydrogens is 522 g/mol. The van der Waals surface area contributed by atoms with Crippen LogP contribution in [0.5, 0.6) is 0 Å². The third-order valence-corrected chi connectivity index (χ3v) is 7.68. The Morgan fingerprint density at radius 3 is 2.56 bits per heavy atom. The Labute approximate surface area is 216 Å². The van der Waals surface area contributed by atoms with E-state index in [0.717, 1.165) is 45.4 Å². The number of pyridine rings is 1. The first-order valence-corrected chi connectivity index (χ1v) is 12.7. The molecule has 0 saturated carbocycles. The number of rotatable bonds is 4. The second-order valence-corrected chi connectivity index (χ2v) is 9.84. The van der Waals surface area contributed by atoms with Gasteiger partial charge in [-0.15, -0.1) is 0 Å². The largest absolute Gasteiger partial charge is 0.395 e. The van der Waals surface area contributed by atoms with E-state index in [9.17, 15) is 4.79 Å². The summed E-state index contributed by atoms with van der Waals surface area (Å²) >= 11 is 3.66. The highest BCUT2D eigenvalue weighted by Crippen LogP contribution is 2.37. The summed E-state index contributed by atoms with van der Waals surface area (Å²) in [6.07, 6.45) is 6.81. The number of anilines is 1. The maximum atomic E-state index is 12.7. The summed E-state index contributed by atoms with van der Waals surface area (Å²) < 4.78 is 2.41. The van der Waals surface area contributed by atoms with Crippen molar-refractivity contribution < 1.29 is 9.63 Å². The lowest BCUT2D eigenvalue weighted by atomic mass is 9.92. The molecule has 36 heavy (non-hydrogen) atoms. The highest BCUT2D eigenvalue weighted by Gasteiger charge is 2.32. The normalized spacial score (nSPS) is 18.0. The molecule has 3 aromatic heterocycles. The number of fused-ring (bicyclic) bond motifs is 1. The fraction of sp³-hybridized carbons (Fsp3) is 0.269. The van der Waals surface area contributed by atoms with Crippen LogP contribution in [0.4, 0.5) is 5.82 Å². The Hall–Kier alpha value is -3.79. The summed E-state index contributed by atoms with van der Waals surface area (Å²) in [5.74, 6) is 0.467. The van der Waals surface area contributed by atoms with Crippen LogP contribution in [0, 0.1) is 5.92 Å². The van der Waals surface area contributed by atoms with Crippen LogP contribution in [0.15, 0.2) is 64.5 Å². The van der Waals surface area contributed by atoms with Crippen LogP contribution in [0.3, 0.4) is 0 Å². The number of oxime groups is 1. The highest BCUT2D eigenvalue weighted by atomic mass is 79.9. The van der Waals surface area contributed by atoms with Gasteiger partial charge in [0.15, 0.2) is 5.65 Å². The van der Waals surface area contributed by atoms with Gasteiger partial charge < -0.3 is 15.5 Å². The van der Waals surface area contributed by atoms with Crippen LogP contribution in [0.2, 0.25) is 0 Å². The minimum absolute atomic E-state index is 0.0706. The Morgan fingerprint density at radius 1 is 1.06 bits per heavy atom. The summed E-state index contributed by atoms with van der Waals surface area (Å²) in [7, 11) is 0. The standard InChI is InChI=1S/C26H24BrN7O2/c27-22-23(17-8-10-33(11-9-17)26(35)19-13-31-36-15-19)32-25-20(14-30-34(25)24(22)28)18-6-7-21(29-12-18)16-4-2-1-3-5-16/h1-7,12-14,17,19H,8-11,15,28H2. The summed E-state index contributed by atoms with van der Waals surface area (Å²) in [6, 6.07) is 14.1. The van der Waals surface area contributed by atoms with Gasteiger partial charge in [0.2, 0.25) is 5.91 Å².